The van der Waals surface area contributed by atoms with E-state index in [0.717, 1.165) is 12.1 Å². The van der Waals surface area contributed by atoms with Crippen LogP contribution < -0.4 is 9.47 Å². The molecule has 0 amide bonds. The van der Waals surface area contributed by atoms with Crippen molar-refractivity contribution < 1.29 is 27.6 Å². The zero-order chi connectivity index (χ0) is 16.3. The molecule has 2 aromatic rings. The van der Waals surface area contributed by atoms with Crippen LogP contribution in [-0.2, 0) is 0 Å². The van der Waals surface area contributed by atoms with E-state index in [1.165, 1.54) is 31.4 Å². The summed E-state index contributed by atoms with van der Waals surface area (Å²) in [6.07, 6.45) is -4.79. The number of hydrogen-bond acceptors (Lipinski definition) is 5. The third-order valence-electron chi connectivity index (χ3n) is 2.61. The summed E-state index contributed by atoms with van der Waals surface area (Å²) in [5.41, 5.74) is 0.505. The van der Waals surface area contributed by atoms with Crippen molar-refractivity contribution in [3.63, 3.8) is 0 Å². The molecule has 9 heteroatoms. The molecule has 0 saturated carbocycles. The van der Waals surface area contributed by atoms with E-state index < -0.39 is 22.9 Å². The lowest BCUT2D eigenvalue weighted by molar-refractivity contribution is -0.389. The van der Waals surface area contributed by atoms with Crippen LogP contribution in [0.25, 0.3) is 11.3 Å². The molecule has 0 fully saturated rings. The highest BCUT2D eigenvalue weighted by molar-refractivity contribution is 5.68. The highest BCUT2D eigenvalue weighted by Crippen LogP contribution is 2.32. The number of ether oxygens (including phenoxy) is 2. The summed E-state index contributed by atoms with van der Waals surface area (Å²) in [5.74, 6) is -0.540. The molecule has 0 N–H and O–H groups in total. The lowest BCUT2D eigenvalue weighted by Gasteiger charge is -2.09. The fraction of sp³-hybridized carbons (Fsp3) is 0.154. The van der Waals surface area contributed by atoms with Gasteiger partial charge in [-0.2, -0.15) is 0 Å². The Kier molecular flexibility index (Phi) is 4.15. The maximum absolute atomic E-state index is 12.1. The zero-order valence-corrected chi connectivity index (χ0v) is 11.1. The highest BCUT2D eigenvalue weighted by Gasteiger charge is 2.31. The van der Waals surface area contributed by atoms with Gasteiger partial charge in [-0.15, -0.1) is 13.2 Å². The van der Waals surface area contributed by atoms with E-state index in [9.17, 15) is 23.3 Å². The van der Waals surface area contributed by atoms with Gasteiger partial charge in [-0.1, -0.05) is 0 Å². The number of rotatable bonds is 4. The van der Waals surface area contributed by atoms with Gasteiger partial charge in [0.05, 0.1) is 7.11 Å². The van der Waals surface area contributed by atoms with Gasteiger partial charge in [0.1, 0.15) is 5.75 Å². The average molecular weight is 314 g/mol. The normalized spacial score (nSPS) is 11.1. The standard InChI is InChI=1S/C13H9F3N2O4/c1-21-10-6-7-11(18(19)20)17-12(10)8-2-4-9(5-3-8)22-13(14,15)16/h2-7H,1H3. The number of aromatic nitrogens is 1. The Hall–Kier alpha value is -2.84. The van der Waals surface area contributed by atoms with Crippen LogP contribution in [0.15, 0.2) is 36.4 Å². The number of alkyl halides is 3. The topological polar surface area (TPSA) is 74.5 Å². The SMILES string of the molecule is COc1ccc([N+](=O)[O-])nc1-c1ccc(OC(F)(F)F)cc1. The molecule has 116 valence electrons. The Labute approximate surface area is 122 Å². The van der Waals surface area contributed by atoms with Crippen LogP contribution in [-0.4, -0.2) is 23.4 Å². The third-order valence-corrected chi connectivity index (χ3v) is 2.61. The van der Waals surface area contributed by atoms with Gasteiger partial charge < -0.3 is 19.6 Å². The Morgan fingerprint density at radius 2 is 1.77 bits per heavy atom. The first-order chi connectivity index (χ1) is 10.3. The van der Waals surface area contributed by atoms with E-state index in [2.05, 4.69) is 9.72 Å². The minimum absolute atomic E-state index is 0.148. The number of benzene rings is 1. The summed E-state index contributed by atoms with van der Waals surface area (Å²) in [7, 11) is 1.35. The van der Waals surface area contributed by atoms with Crippen LogP contribution in [0, 0.1) is 10.1 Å². The fourth-order valence-corrected chi connectivity index (χ4v) is 1.72. The van der Waals surface area contributed by atoms with E-state index in [1.54, 1.807) is 0 Å². The first kappa shape index (κ1) is 15.5. The van der Waals surface area contributed by atoms with Crippen LogP contribution in [0.2, 0.25) is 0 Å². The van der Waals surface area contributed by atoms with Crippen molar-refractivity contribution in [2.75, 3.05) is 7.11 Å². The van der Waals surface area contributed by atoms with E-state index in [1.807, 2.05) is 0 Å². The number of nitrogens with zero attached hydrogens (tertiary/aromatic N) is 2. The summed E-state index contributed by atoms with van der Waals surface area (Å²) < 4.78 is 45.1. The second kappa shape index (κ2) is 5.88. The fourth-order valence-electron chi connectivity index (χ4n) is 1.72. The van der Waals surface area contributed by atoms with Crippen LogP contribution >= 0.6 is 0 Å². The molecule has 0 aliphatic rings. The van der Waals surface area contributed by atoms with Crippen LogP contribution in [0.1, 0.15) is 0 Å². The van der Waals surface area contributed by atoms with Crippen LogP contribution in [0.5, 0.6) is 11.5 Å². The lowest BCUT2D eigenvalue weighted by Crippen LogP contribution is -2.16. The Morgan fingerprint density at radius 3 is 2.27 bits per heavy atom. The molecule has 0 saturated heterocycles. The summed E-state index contributed by atoms with van der Waals surface area (Å²) in [6, 6.07) is 7.31. The maximum Gasteiger partial charge on any atom is 0.573 e. The average Bonchev–Trinajstić information content (AvgIpc) is 2.45. The molecule has 0 aliphatic heterocycles. The predicted octanol–water partition coefficient (Wildman–Crippen LogP) is 3.56. The molecule has 6 nitrogen and oxygen atoms in total. The molecule has 1 aromatic heterocycles. The summed E-state index contributed by atoms with van der Waals surface area (Å²) >= 11 is 0. The highest BCUT2D eigenvalue weighted by atomic mass is 19.4. The van der Waals surface area contributed by atoms with Gasteiger partial charge in [-0.3, -0.25) is 0 Å². The van der Waals surface area contributed by atoms with Crippen LogP contribution in [0.4, 0.5) is 19.0 Å². The quantitative estimate of drug-likeness (QED) is 0.637. The molecular formula is C13H9F3N2O4. The number of nitro groups is 1. The molecule has 0 aliphatic carbocycles. The van der Waals surface area contributed by atoms with Gasteiger partial charge in [-0.05, 0) is 40.2 Å². The monoisotopic (exact) mass is 314 g/mol. The molecule has 22 heavy (non-hydrogen) atoms. The largest absolute Gasteiger partial charge is 0.573 e. The van der Waals surface area contributed by atoms with Gasteiger partial charge in [0.15, 0.2) is 5.75 Å². The van der Waals surface area contributed by atoms with Gasteiger partial charge in [-0.25, -0.2) is 0 Å². The second-order valence-electron chi connectivity index (χ2n) is 4.05. The Morgan fingerprint density at radius 1 is 1.14 bits per heavy atom. The van der Waals surface area contributed by atoms with E-state index in [0.29, 0.717) is 5.56 Å². The molecule has 0 atom stereocenters. The summed E-state index contributed by atoms with van der Waals surface area (Å²) in [5, 5.41) is 10.8. The predicted molar refractivity (Wildman–Crippen MR) is 69.6 cm³/mol. The van der Waals surface area contributed by atoms with Crippen molar-refractivity contribution in [1.29, 1.82) is 0 Å². The second-order valence-corrected chi connectivity index (χ2v) is 4.05. The molecular weight excluding hydrogens is 305 g/mol. The molecule has 1 heterocycles. The number of pyridine rings is 1. The number of halogens is 3. The molecule has 2 rings (SSSR count). The van der Waals surface area contributed by atoms with Crippen molar-refractivity contribution in [1.82, 2.24) is 4.98 Å². The van der Waals surface area contributed by atoms with E-state index in [-0.39, 0.29) is 11.4 Å². The minimum atomic E-state index is -4.79. The molecule has 0 radical (unpaired) electrons. The number of methoxy groups -OCH3 is 1. The lowest BCUT2D eigenvalue weighted by atomic mass is 10.1. The van der Waals surface area contributed by atoms with Crippen molar-refractivity contribution in [2.24, 2.45) is 0 Å². The molecule has 0 unspecified atom stereocenters. The minimum Gasteiger partial charge on any atom is -0.492 e. The van der Waals surface area contributed by atoms with Gasteiger partial charge >= 0.3 is 12.2 Å². The van der Waals surface area contributed by atoms with Gasteiger partial charge in [0, 0.05) is 11.6 Å². The first-order valence-electron chi connectivity index (χ1n) is 5.86. The summed E-state index contributed by atoms with van der Waals surface area (Å²) in [4.78, 5) is 13.9. The van der Waals surface area contributed by atoms with E-state index in [4.69, 9.17) is 4.74 Å². The molecule has 0 bridgehead atoms. The summed E-state index contributed by atoms with van der Waals surface area (Å²) in [6.45, 7) is 0. The Balaban J connectivity index is 2.38. The van der Waals surface area contributed by atoms with Crippen molar-refractivity contribution >= 4 is 5.82 Å². The van der Waals surface area contributed by atoms with Crippen molar-refractivity contribution in [2.45, 2.75) is 6.36 Å². The van der Waals surface area contributed by atoms with Gasteiger partial charge in [0.2, 0.25) is 5.69 Å². The Bertz CT molecular complexity index is 687. The number of hydrogen-bond donors (Lipinski definition) is 0. The third kappa shape index (κ3) is 3.62. The maximum atomic E-state index is 12.1. The van der Waals surface area contributed by atoms with Crippen LogP contribution in [0.3, 0.4) is 0 Å². The first-order valence-corrected chi connectivity index (χ1v) is 5.86. The van der Waals surface area contributed by atoms with E-state index >= 15 is 0 Å². The molecule has 0 spiro atoms. The molecule has 1 aromatic carbocycles. The zero-order valence-electron chi connectivity index (χ0n) is 11.1. The van der Waals surface area contributed by atoms with Crippen molar-refractivity contribution in [3.05, 3.63) is 46.5 Å². The van der Waals surface area contributed by atoms with Gasteiger partial charge in [0.25, 0.3) is 0 Å². The smallest absolute Gasteiger partial charge is 0.492 e. The van der Waals surface area contributed by atoms with Crippen molar-refractivity contribution in [3.8, 4) is 22.8 Å².